The Morgan fingerprint density at radius 1 is 1.13 bits per heavy atom. The zero-order chi connectivity index (χ0) is 21.7. The molecule has 2 amide bonds. The number of nitrogens with one attached hydrogen (secondary N) is 1. The van der Waals surface area contributed by atoms with Crippen molar-refractivity contribution in [3.63, 3.8) is 0 Å². The fraction of sp³-hybridized carbons (Fsp3) is 0.391. The second-order valence-electron chi connectivity index (χ2n) is 7.45. The molecule has 1 aliphatic heterocycles. The Kier molecular flexibility index (Phi) is 7.21. The van der Waals surface area contributed by atoms with E-state index in [1.165, 1.54) is 0 Å². The lowest BCUT2D eigenvalue weighted by atomic mass is 10.1. The predicted molar refractivity (Wildman–Crippen MR) is 121 cm³/mol. The molecule has 6 nitrogen and oxygen atoms in total. The molecule has 0 bridgehead atoms. The summed E-state index contributed by atoms with van der Waals surface area (Å²) in [6.07, 6.45) is 0.968. The number of hydrogen-bond acceptors (Lipinski definition) is 4. The lowest BCUT2D eigenvalue weighted by molar-refractivity contribution is -0.129. The molecule has 1 aliphatic rings. The van der Waals surface area contributed by atoms with Crippen molar-refractivity contribution in [1.82, 2.24) is 4.90 Å². The van der Waals surface area contributed by atoms with Crippen LogP contribution < -0.4 is 15.0 Å². The lowest BCUT2D eigenvalue weighted by Gasteiger charge is -2.37. The van der Waals surface area contributed by atoms with E-state index in [0.717, 1.165) is 12.1 Å². The third-order valence-corrected chi connectivity index (χ3v) is 5.59. The van der Waals surface area contributed by atoms with Crippen LogP contribution >= 0.6 is 11.6 Å². The van der Waals surface area contributed by atoms with E-state index >= 15 is 0 Å². The monoisotopic (exact) mass is 429 g/mol. The van der Waals surface area contributed by atoms with Crippen molar-refractivity contribution >= 4 is 34.8 Å². The Labute approximate surface area is 182 Å². The van der Waals surface area contributed by atoms with Crippen molar-refractivity contribution in [2.24, 2.45) is 0 Å². The molecule has 0 spiro atoms. The smallest absolute Gasteiger partial charge is 0.255 e. The lowest BCUT2D eigenvalue weighted by Crippen LogP contribution is -2.48. The van der Waals surface area contributed by atoms with E-state index in [1.807, 2.05) is 42.2 Å². The molecule has 3 rings (SSSR count). The summed E-state index contributed by atoms with van der Waals surface area (Å²) in [6.45, 7) is 8.20. The molecule has 0 radical (unpaired) electrons. The third kappa shape index (κ3) is 5.25. The second-order valence-corrected chi connectivity index (χ2v) is 7.85. The number of halogens is 1. The maximum atomic E-state index is 12.9. The molecule has 1 fully saturated rings. The first-order chi connectivity index (χ1) is 14.4. The Balaban J connectivity index is 1.77. The van der Waals surface area contributed by atoms with E-state index < -0.39 is 0 Å². The number of anilines is 2. The molecule has 1 atom stereocenters. The second kappa shape index (κ2) is 9.85. The van der Waals surface area contributed by atoms with Crippen LogP contribution in [0.25, 0.3) is 0 Å². The minimum Gasteiger partial charge on any atom is -0.491 e. The Morgan fingerprint density at radius 2 is 1.83 bits per heavy atom. The number of rotatable bonds is 6. The first-order valence-corrected chi connectivity index (χ1v) is 10.6. The normalized spacial score (nSPS) is 14.9. The minimum atomic E-state index is -0.226. The van der Waals surface area contributed by atoms with E-state index in [1.54, 1.807) is 19.1 Å². The summed E-state index contributed by atoms with van der Waals surface area (Å²) < 4.78 is 5.83. The highest BCUT2D eigenvalue weighted by Crippen LogP contribution is 2.35. The van der Waals surface area contributed by atoms with Gasteiger partial charge in [0.25, 0.3) is 5.91 Å². The van der Waals surface area contributed by atoms with Gasteiger partial charge in [-0.2, -0.15) is 0 Å². The molecule has 0 aliphatic carbocycles. The van der Waals surface area contributed by atoms with Crippen LogP contribution in [0.4, 0.5) is 11.4 Å². The molecular weight excluding hydrogens is 402 g/mol. The first kappa shape index (κ1) is 22.0. The van der Waals surface area contributed by atoms with Crippen molar-refractivity contribution < 1.29 is 14.3 Å². The summed E-state index contributed by atoms with van der Waals surface area (Å²) in [5.41, 5.74) is 1.95. The quantitative estimate of drug-likeness (QED) is 0.737. The number of carbonyl (C=O) groups excluding carboxylic acids is 2. The molecule has 160 valence electrons. The summed E-state index contributed by atoms with van der Waals surface area (Å²) in [5.74, 6) is 0.515. The van der Waals surface area contributed by atoms with Crippen LogP contribution in [-0.4, -0.2) is 49.0 Å². The number of nitrogens with zero attached hydrogens (tertiary/aromatic N) is 2. The van der Waals surface area contributed by atoms with Crippen molar-refractivity contribution in [1.29, 1.82) is 0 Å². The molecule has 2 aromatic rings. The molecule has 0 saturated carbocycles. The van der Waals surface area contributed by atoms with E-state index in [9.17, 15) is 9.59 Å². The summed E-state index contributed by atoms with van der Waals surface area (Å²) in [5, 5.41) is 3.56. The highest BCUT2D eigenvalue weighted by atomic mass is 35.5. The van der Waals surface area contributed by atoms with Gasteiger partial charge in [-0.25, -0.2) is 0 Å². The van der Waals surface area contributed by atoms with Gasteiger partial charge in [0.15, 0.2) is 0 Å². The predicted octanol–water partition coefficient (Wildman–Crippen LogP) is 4.44. The first-order valence-electron chi connectivity index (χ1n) is 10.3. The van der Waals surface area contributed by atoms with E-state index in [0.29, 0.717) is 48.2 Å². The molecule has 1 heterocycles. The zero-order valence-corrected chi connectivity index (χ0v) is 18.4. The number of amides is 2. The van der Waals surface area contributed by atoms with Crippen LogP contribution in [0.1, 0.15) is 37.6 Å². The number of benzene rings is 2. The minimum absolute atomic E-state index is 0.0711. The molecule has 0 aromatic heterocycles. The number of hydrogen-bond donors (Lipinski definition) is 1. The van der Waals surface area contributed by atoms with Gasteiger partial charge < -0.3 is 19.9 Å². The van der Waals surface area contributed by atoms with E-state index in [2.05, 4.69) is 17.1 Å². The fourth-order valence-corrected chi connectivity index (χ4v) is 3.70. The summed E-state index contributed by atoms with van der Waals surface area (Å²) in [6, 6.07) is 12.6. The number of ether oxygens (including phenoxy) is 1. The molecule has 7 heteroatoms. The van der Waals surface area contributed by atoms with Gasteiger partial charge in [-0.3, -0.25) is 9.59 Å². The largest absolute Gasteiger partial charge is 0.491 e. The Morgan fingerprint density at radius 3 is 2.50 bits per heavy atom. The molecule has 1 N–H and O–H groups in total. The molecule has 2 aromatic carbocycles. The van der Waals surface area contributed by atoms with Crippen molar-refractivity contribution in [3.05, 3.63) is 53.1 Å². The maximum absolute atomic E-state index is 12.9. The van der Waals surface area contributed by atoms with Gasteiger partial charge in [0.2, 0.25) is 5.91 Å². The number of carbonyl (C=O) groups is 2. The molecule has 1 saturated heterocycles. The fourth-order valence-electron chi connectivity index (χ4n) is 3.40. The van der Waals surface area contributed by atoms with Gasteiger partial charge in [0.05, 0.1) is 22.5 Å². The van der Waals surface area contributed by atoms with Gasteiger partial charge in [-0.05, 0) is 43.7 Å². The molecular formula is C23H28ClN3O3. The average Bonchev–Trinajstić information content (AvgIpc) is 2.74. The third-order valence-electron chi connectivity index (χ3n) is 5.28. The Hall–Kier alpha value is -2.73. The zero-order valence-electron chi connectivity index (χ0n) is 17.7. The van der Waals surface area contributed by atoms with Gasteiger partial charge in [0, 0.05) is 38.7 Å². The van der Waals surface area contributed by atoms with Gasteiger partial charge in [-0.1, -0.05) is 30.7 Å². The molecule has 30 heavy (non-hydrogen) atoms. The molecule has 0 unspecified atom stereocenters. The SMILES string of the molecule is CC[C@H](C)Oc1cccc(C(=O)Nc2cccc(Cl)c2N2CCN(C(C)=O)CC2)c1. The van der Waals surface area contributed by atoms with Crippen molar-refractivity contribution in [2.45, 2.75) is 33.3 Å². The van der Waals surface area contributed by atoms with Crippen molar-refractivity contribution in [2.75, 3.05) is 36.4 Å². The van der Waals surface area contributed by atoms with Crippen molar-refractivity contribution in [3.8, 4) is 5.75 Å². The van der Waals surface area contributed by atoms with E-state index in [4.69, 9.17) is 16.3 Å². The van der Waals surface area contributed by atoms with E-state index in [-0.39, 0.29) is 17.9 Å². The average molecular weight is 430 g/mol. The highest BCUT2D eigenvalue weighted by molar-refractivity contribution is 6.34. The number of piperazine rings is 1. The standard InChI is InChI=1S/C23H28ClN3O3/c1-4-16(2)30-19-8-5-7-18(15-19)23(29)25-21-10-6-9-20(24)22(21)27-13-11-26(12-14-27)17(3)28/h5-10,15-16H,4,11-14H2,1-3H3,(H,25,29)/t16-/m0/s1. The van der Waals surface area contributed by atoms with Gasteiger partial charge in [-0.15, -0.1) is 0 Å². The van der Waals surface area contributed by atoms with Crippen LogP contribution in [0, 0.1) is 0 Å². The van der Waals surface area contributed by atoms with Crippen LogP contribution in [0.2, 0.25) is 5.02 Å². The summed E-state index contributed by atoms with van der Waals surface area (Å²) in [7, 11) is 0. The highest BCUT2D eigenvalue weighted by Gasteiger charge is 2.23. The summed E-state index contributed by atoms with van der Waals surface area (Å²) >= 11 is 6.50. The topological polar surface area (TPSA) is 61.9 Å². The maximum Gasteiger partial charge on any atom is 0.255 e. The summed E-state index contributed by atoms with van der Waals surface area (Å²) in [4.78, 5) is 28.5. The van der Waals surface area contributed by atoms with Crippen LogP contribution in [0.15, 0.2) is 42.5 Å². The van der Waals surface area contributed by atoms with Crippen LogP contribution in [-0.2, 0) is 4.79 Å². The van der Waals surface area contributed by atoms with Crippen LogP contribution in [0.5, 0.6) is 5.75 Å². The Bertz CT molecular complexity index is 910. The van der Waals surface area contributed by atoms with Crippen LogP contribution in [0.3, 0.4) is 0 Å². The van der Waals surface area contributed by atoms with Gasteiger partial charge >= 0.3 is 0 Å². The van der Waals surface area contributed by atoms with Gasteiger partial charge in [0.1, 0.15) is 5.75 Å². The number of para-hydroxylation sites is 1.